The predicted octanol–water partition coefficient (Wildman–Crippen LogP) is 1.26. The Hall–Kier alpha value is 0.479. The zero-order valence-electron chi connectivity index (χ0n) is 4.99. The molecule has 52 valence electrons. The average molecular weight is 162 g/mol. The van der Waals surface area contributed by atoms with Gasteiger partial charge in [-0.05, 0) is 25.9 Å². The van der Waals surface area contributed by atoms with Crippen molar-refractivity contribution in [2.24, 2.45) is 0 Å². The molecule has 0 amide bonds. The Kier molecular flexibility index (Phi) is 4.63. The Morgan fingerprint density at radius 3 is 1.75 bits per heavy atom. The maximum absolute atomic E-state index is 3.83. The van der Waals surface area contributed by atoms with Gasteiger partial charge in [0.25, 0.3) is 0 Å². The first-order valence-electron chi connectivity index (χ1n) is 2.95. The molecule has 0 saturated carbocycles. The molecule has 0 aromatic rings. The number of nitrogens with zero attached hydrogens (tertiary/aromatic N) is 1. The Labute approximate surface area is 61.9 Å². The molecule has 1 aliphatic rings. The summed E-state index contributed by atoms with van der Waals surface area (Å²) in [6.45, 7) is 2.42. The topological polar surface area (TPSA) is 3.24 Å². The van der Waals surface area contributed by atoms with Crippen molar-refractivity contribution >= 4 is 0 Å². The Morgan fingerprint density at radius 2 is 1.50 bits per heavy atom. The summed E-state index contributed by atoms with van der Waals surface area (Å²) in [5.41, 5.74) is 0. The molecule has 2 heteroatoms. The SMILES string of the molecule is [CH2-]N1CCCCC1.[Cu+]. The molecule has 0 bridgehead atoms. The van der Waals surface area contributed by atoms with E-state index in [0.29, 0.717) is 0 Å². The monoisotopic (exact) mass is 161 g/mol. The predicted molar refractivity (Wildman–Crippen MR) is 30.8 cm³/mol. The summed E-state index contributed by atoms with van der Waals surface area (Å²) in [7, 11) is 3.83. The molecule has 1 aliphatic heterocycles. The molecule has 0 aliphatic carbocycles. The molecule has 0 unspecified atom stereocenters. The van der Waals surface area contributed by atoms with Crippen LogP contribution in [0, 0.1) is 7.05 Å². The van der Waals surface area contributed by atoms with E-state index in [2.05, 4.69) is 11.9 Å². The van der Waals surface area contributed by atoms with Gasteiger partial charge in [0.15, 0.2) is 0 Å². The fraction of sp³-hybridized carbons (Fsp3) is 0.833. The molecule has 0 spiro atoms. The molecule has 1 heterocycles. The molecular formula is C6H12CuN. The third-order valence-electron chi connectivity index (χ3n) is 1.45. The van der Waals surface area contributed by atoms with Gasteiger partial charge < -0.3 is 4.90 Å². The number of rotatable bonds is 0. The van der Waals surface area contributed by atoms with E-state index in [4.69, 9.17) is 0 Å². The van der Waals surface area contributed by atoms with Crippen molar-refractivity contribution in [2.45, 2.75) is 19.3 Å². The minimum Gasteiger partial charge on any atom is -0.459 e. The first-order valence-corrected chi connectivity index (χ1v) is 2.95. The maximum Gasteiger partial charge on any atom is 1.00 e. The second kappa shape index (κ2) is 4.37. The minimum atomic E-state index is 0. The van der Waals surface area contributed by atoms with E-state index < -0.39 is 0 Å². The second-order valence-electron chi connectivity index (χ2n) is 2.18. The average Bonchev–Trinajstić information content (AvgIpc) is 1.69. The van der Waals surface area contributed by atoms with Crippen LogP contribution >= 0.6 is 0 Å². The quantitative estimate of drug-likeness (QED) is 0.382. The Morgan fingerprint density at radius 1 is 1.00 bits per heavy atom. The Bertz CT molecular complexity index is 50.5. The van der Waals surface area contributed by atoms with E-state index in [1.165, 1.54) is 32.4 Å². The second-order valence-corrected chi connectivity index (χ2v) is 2.18. The molecule has 0 aromatic heterocycles. The van der Waals surface area contributed by atoms with Crippen LogP contribution in [0.25, 0.3) is 0 Å². The van der Waals surface area contributed by atoms with Crippen LogP contribution in [0.1, 0.15) is 19.3 Å². The summed E-state index contributed by atoms with van der Waals surface area (Å²) in [5, 5.41) is 0. The van der Waals surface area contributed by atoms with E-state index in [1.54, 1.807) is 0 Å². The number of hydrogen-bond donors (Lipinski definition) is 0. The zero-order chi connectivity index (χ0) is 5.11. The molecule has 0 radical (unpaired) electrons. The van der Waals surface area contributed by atoms with E-state index >= 15 is 0 Å². The number of likely N-dealkylation sites (tertiary alicyclic amines) is 1. The van der Waals surface area contributed by atoms with Gasteiger partial charge >= 0.3 is 17.1 Å². The maximum atomic E-state index is 3.83. The van der Waals surface area contributed by atoms with Crippen LogP contribution in [0.15, 0.2) is 0 Å². The van der Waals surface area contributed by atoms with Gasteiger partial charge in [-0.1, -0.05) is 6.42 Å². The number of piperidine rings is 1. The van der Waals surface area contributed by atoms with Crippen LogP contribution < -0.4 is 0 Å². The molecule has 1 fully saturated rings. The third-order valence-corrected chi connectivity index (χ3v) is 1.45. The molecule has 1 rings (SSSR count). The molecule has 0 aromatic carbocycles. The van der Waals surface area contributed by atoms with Gasteiger partial charge in [0, 0.05) is 0 Å². The summed E-state index contributed by atoms with van der Waals surface area (Å²) < 4.78 is 0. The summed E-state index contributed by atoms with van der Waals surface area (Å²) in [6, 6.07) is 0. The molecule has 0 atom stereocenters. The fourth-order valence-electron chi connectivity index (χ4n) is 0.959. The van der Waals surface area contributed by atoms with Gasteiger partial charge in [-0.25, -0.2) is 0 Å². The van der Waals surface area contributed by atoms with Crippen LogP contribution in [0.5, 0.6) is 0 Å². The third kappa shape index (κ3) is 2.71. The van der Waals surface area contributed by atoms with E-state index in [1.807, 2.05) is 0 Å². The standard InChI is InChI=1S/C6H12N.Cu/c1-7-5-3-2-4-6-7;/h1-6H2;/q-1;+1. The normalized spacial score (nSPS) is 22.1. The van der Waals surface area contributed by atoms with Crippen LogP contribution in [-0.4, -0.2) is 18.0 Å². The van der Waals surface area contributed by atoms with E-state index in [0.717, 1.165) is 0 Å². The van der Waals surface area contributed by atoms with Gasteiger partial charge in [0.1, 0.15) is 0 Å². The van der Waals surface area contributed by atoms with Crippen molar-refractivity contribution < 1.29 is 17.1 Å². The van der Waals surface area contributed by atoms with Crippen LogP contribution in [0.3, 0.4) is 0 Å². The van der Waals surface area contributed by atoms with E-state index in [9.17, 15) is 0 Å². The van der Waals surface area contributed by atoms with Crippen molar-refractivity contribution in [2.75, 3.05) is 13.1 Å². The van der Waals surface area contributed by atoms with Crippen molar-refractivity contribution in [3.63, 3.8) is 0 Å². The van der Waals surface area contributed by atoms with Crippen LogP contribution in [0.4, 0.5) is 0 Å². The number of hydrogen-bond acceptors (Lipinski definition) is 1. The molecule has 8 heavy (non-hydrogen) atoms. The van der Waals surface area contributed by atoms with Gasteiger partial charge in [-0.3, -0.25) is 7.05 Å². The summed E-state index contributed by atoms with van der Waals surface area (Å²) in [4.78, 5) is 2.14. The van der Waals surface area contributed by atoms with Crippen LogP contribution in [0.2, 0.25) is 0 Å². The van der Waals surface area contributed by atoms with Gasteiger partial charge in [0.05, 0.1) is 0 Å². The van der Waals surface area contributed by atoms with Gasteiger partial charge in [-0.2, -0.15) is 0 Å². The first-order chi connectivity index (χ1) is 3.39. The Balaban J connectivity index is 0.000000490. The summed E-state index contributed by atoms with van der Waals surface area (Å²) in [5.74, 6) is 0. The van der Waals surface area contributed by atoms with Crippen molar-refractivity contribution in [3.8, 4) is 0 Å². The zero-order valence-corrected chi connectivity index (χ0v) is 5.93. The first kappa shape index (κ1) is 8.48. The van der Waals surface area contributed by atoms with Crippen molar-refractivity contribution in [1.29, 1.82) is 0 Å². The molecular weight excluding hydrogens is 150 g/mol. The smallest absolute Gasteiger partial charge is 0.459 e. The van der Waals surface area contributed by atoms with Crippen molar-refractivity contribution in [3.05, 3.63) is 7.05 Å². The molecule has 1 nitrogen and oxygen atoms in total. The minimum absolute atomic E-state index is 0. The van der Waals surface area contributed by atoms with Gasteiger partial charge in [-0.15, -0.1) is 0 Å². The van der Waals surface area contributed by atoms with Crippen molar-refractivity contribution in [1.82, 2.24) is 4.90 Å². The molecule has 1 saturated heterocycles. The fourth-order valence-corrected chi connectivity index (χ4v) is 0.959. The summed E-state index contributed by atoms with van der Waals surface area (Å²) >= 11 is 0. The summed E-state index contributed by atoms with van der Waals surface area (Å²) in [6.07, 6.45) is 4.11. The van der Waals surface area contributed by atoms with Gasteiger partial charge in [0.2, 0.25) is 0 Å². The van der Waals surface area contributed by atoms with E-state index in [-0.39, 0.29) is 17.1 Å². The largest absolute Gasteiger partial charge is 1.00 e. The van der Waals surface area contributed by atoms with Crippen LogP contribution in [-0.2, 0) is 17.1 Å². The molecule has 0 N–H and O–H groups in total.